The zero-order chi connectivity index (χ0) is 35.9. The number of ether oxygens (including phenoxy) is 1. The van der Waals surface area contributed by atoms with Gasteiger partial charge in [-0.2, -0.15) is 0 Å². The molecular weight excluding hydrogens is 681 g/mol. The van der Waals surface area contributed by atoms with Gasteiger partial charge in [0.1, 0.15) is 29.4 Å². The van der Waals surface area contributed by atoms with Gasteiger partial charge >= 0.3 is 11.9 Å². The van der Waals surface area contributed by atoms with Gasteiger partial charge in [-0.15, -0.1) is 11.8 Å². The van der Waals surface area contributed by atoms with Crippen molar-refractivity contribution < 1.29 is 37.4 Å². The van der Waals surface area contributed by atoms with E-state index in [0.29, 0.717) is 11.1 Å². The van der Waals surface area contributed by atoms with Gasteiger partial charge < -0.3 is 20.1 Å². The summed E-state index contributed by atoms with van der Waals surface area (Å²) in [4.78, 5) is 56.5. The molecular formula is C36H36N4O8S2. The molecule has 2 aliphatic heterocycles. The lowest BCUT2D eigenvalue weighted by molar-refractivity contribution is -0.150. The minimum absolute atomic E-state index is 0.0819. The summed E-state index contributed by atoms with van der Waals surface area (Å²) < 4.78 is 32.3. The number of amides is 2. The number of para-hydroxylation sites is 1. The molecule has 2 amide bonds. The number of rotatable bonds is 11. The number of sulfonamides is 1. The highest BCUT2D eigenvalue weighted by molar-refractivity contribution is 8.00. The predicted octanol–water partition coefficient (Wildman–Crippen LogP) is 4.35. The second-order valence-corrected chi connectivity index (χ2v) is 15.8. The number of fused-ring (bicyclic) bond motifs is 2. The number of carbonyl (C=O) groups excluding carboxylic acids is 3. The Balaban J connectivity index is 1.26. The first-order valence-electron chi connectivity index (χ1n) is 15.9. The molecule has 2 atom stereocenters. The van der Waals surface area contributed by atoms with Crippen LogP contribution in [0, 0.1) is 0 Å². The molecule has 1 fully saturated rings. The molecule has 3 aromatic carbocycles. The smallest absolute Gasteiger partial charge is 0.355 e. The predicted molar refractivity (Wildman–Crippen MR) is 189 cm³/mol. The summed E-state index contributed by atoms with van der Waals surface area (Å²) >= 11 is 1.28. The zero-order valence-electron chi connectivity index (χ0n) is 27.8. The largest absolute Gasteiger partial charge is 0.477 e. The molecule has 0 saturated carbocycles. The van der Waals surface area contributed by atoms with Crippen molar-refractivity contribution in [3.8, 4) is 11.1 Å². The van der Waals surface area contributed by atoms with Gasteiger partial charge in [0.15, 0.2) is 0 Å². The standard InChI is InChI=1S/C36H36N4O8S2/c1-20(2)25-11-8-12-26-28(22-13-15-24(16-14-22)50(46,47)39(3)4)30(38-29(25)26)36(45)48-18-23-19-49-34-31(33(42)40(34)32(23)35(43)44)37-27(41)17-21-9-6-5-7-10-21/h5-16,20,31,34,38H,17-19H2,1-4H3,(H,37,41)(H,43,44)/t31-,34-/m1/s1. The van der Waals surface area contributed by atoms with E-state index in [1.807, 2.05) is 50.2 Å². The first-order chi connectivity index (χ1) is 23.8. The molecule has 260 valence electrons. The summed E-state index contributed by atoms with van der Waals surface area (Å²) in [5.41, 5.74) is 3.66. The maximum absolute atomic E-state index is 13.8. The van der Waals surface area contributed by atoms with Gasteiger partial charge in [-0.3, -0.25) is 14.5 Å². The number of benzene rings is 3. The third kappa shape index (κ3) is 6.41. The second-order valence-electron chi connectivity index (χ2n) is 12.6. The highest BCUT2D eigenvalue weighted by Gasteiger charge is 2.54. The fraction of sp³-hybridized carbons (Fsp3) is 0.278. The Hall–Kier alpha value is -4.92. The minimum atomic E-state index is -3.68. The van der Waals surface area contributed by atoms with Crippen molar-refractivity contribution in [2.75, 3.05) is 26.5 Å². The van der Waals surface area contributed by atoms with Crippen LogP contribution in [-0.4, -0.2) is 89.3 Å². The minimum Gasteiger partial charge on any atom is -0.477 e. The number of H-pyrrole nitrogens is 1. The maximum atomic E-state index is 13.8. The summed E-state index contributed by atoms with van der Waals surface area (Å²) in [7, 11) is -0.790. The van der Waals surface area contributed by atoms with Crippen LogP contribution in [0.15, 0.2) is 89.0 Å². The average molecular weight is 717 g/mol. The van der Waals surface area contributed by atoms with E-state index in [4.69, 9.17) is 4.74 Å². The third-order valence-electron chi connectivity index (χ3n) is 8.77. The fourth-order valence-corrected chi connectivity index (χ4v) is 8.43. The Morgan fingerprint density at radius 1 is 1.04 bits per heavy atom. The van der Waals surface area contributed by atoms with E-state index in [-0.39, 0.29) is 52.5 Å². The van der Waals surface area contributed by atoms with Crippen LogP contribution in [0.3, 0.4) is 0 Å². The Morgan fingerprint density at radius 2 is 1.74 bits per heavy atom. The summed E-state index contributed by atoms with van der Waals surface area (Å²) in [6.45, 7) is 3.66. The monoisotopic (exact) mass is 716 g/mol. The number of carboxylic acids is 1. The van der Waals surface area contributed by atoms with E-state index in [1.54, 1.807) is 24.3 Å². The zero-order valence-corrected chi connectivity index (χ0v) is 29.4. The number of esters is 1. The van der Waals surface area contributed by atoms with Crippen molar-refractivity contribution in [3.63, 3.8) is 0 Å². The van der Waals surface area contributed by atoms with Gasteiger partial charge in [0.2, 0.25) is 15.9 Å². The number of aromatic nitrogens is 1. The van der Waals surface area contributed by atoms with Crippen LogP contribution in [0.2, 0.25) is 0 Å². The summed E-state index contributed by atoms with van der Waals surface area (Å²) in [5, 5.41) is 13.0. The fourth-order valence-electron chi connectivity index (χ4n) is 6.20. The molecule has 14 heteroatoms. The number of nitrogens with zero attached hydrogens (tertiary/aromatic N) is 2. The van der Waals surface area contributed by atoms with Gasteiger partial charge in [-0.05, 0) is 34.7 Å². The van der Waals surface area contributed by atoms with Gasteiger partial charge in [0, 0.05) is 36.4 Å². The van der Waals surface area contributed by atoms with Crippen molar-refractivity contribution >= 4 is 56.4 Å². The Morgan fingerprint density at radius 3 is 2.38 bits per heavy atom. The number of nitrogens with one attached hydrogen (secondary N) is 2. The third-order valence-corrected chi connectivity index (χ3v) is 11.9. The first kappa shape index (κ1) is 34.9. The van der Waals surface area contributed by atoms with Crippen LogP contribution in [0.4, 0.5) is 0 Å². The molecule has 1 aromatic heterocycles. The summed E-state index contributed by atoms with van der Waals surface area (Å²) in [6.07, 6.45) is 0.0819. The molecule has 2 aliphatic rings. The van der Waals surface area contributed by atoms with Crippen LogP contribution in [0.25, 0.3) is 22.0 Å². The van der Waals surface area contributed by atoms with Crippen molar-refractivity contribution in [1.29, 1.82) is 0 Å². The van der Waals surface area contributed by atoms with E-state index in [9.17, 15) is 32.7 Å². The van der Waals surface area contributed by atoms with E-state index in [2.05, 4.69) is 10.3 Å². The van der Waals surface area contributed by atoms with Gasteiger partial charge in [-0.25, -0.2) is 22.3 Å². The molecule has 6 rings (SSSR count). The van der Waals surface area contributed by atoms with Crippen LogP contribution in [0.1, 0.15) is 41.4 Å². The molecule has 4 aromatic rings. The topological polar surface area (TPSA) is 166 Å². The van der Waals surface area contributed by atoms with Crippen LogP contribution in [0.5, 0.6) is 0 Å². The summed E-state index contributed by atoms with van der Waals surface area (Å²) in [5.74, 6) is -2.72. The number of carboxylic acid groups (broad SMARTS) is 1. The van der Waals surface area contributed by atoms with Crippen molar-refractivity contribution in [2.45, 2.75) is 42.5 Å². The molecule has 0 aliphatic carbocycles. The molecule has 0 bridgehead atoms. The SMILES string of the molecule is CC(C)c1cccc2c(-c3ccc(S(=O)(=O)N(C)C)cc3)c(C(=O)OCC3=C(C(=O)O)N4C(=O)[C@@H](NC(=O)Cc5ccccc5)[C@H]4SC3)[nH]c12. The normalized spacial score (nSPS) is 17.6. The van der Waals surface area contributed by atoms with Gasteiger partial charge in [0.05, 0.1) is 16.8 Å². The molecule has 50 heavy (non-hydrogen) atoms. The van der Waals surface area contributed by atoms with Crippen LogP contribution in [-0.2, 0) is 35.6 Å². The highest BCUT2D eigenvalue weighted by Crippen LogP contribution is 2.41. The molecule has 12 nitrogen and oxygen atoms in total. The molecule has 3 N–H and O–H groups in total. The molecule has 3 heterocycles. The number of aromatic amines is 1. The van der Waals surface area contributed by atoms with E-state index in [1.165, 1.54) is 38.0 Å². The van der Waals surface area contributed by atoms with E-state index >= 15 is 0 Å². The first-order valence-corrected chi connectivity index (χ1v) is 18.4. The lowest BCUT2D eigenvalue weighted by Gasteiger charge is -2.49. The van der Waals surface area contributed by atoms with E-state index < -0.39 is 39.3 Å². The number of carbonyl (C=O) groups is 4. The van der Waals surface area contributed by atoms with E-state index in [0.717, 1.165) is 31.2 Å². The number of thioether (sulfide) groups is 1. The summed E-state index contributed by atoms with van der Waals surface area (Å²) in [6, 6.07) is 20.1. The molecule has 0 unspecified atom stereocenters. The van der Waals surface area contributed by atoms with Crippen molar-refractivity contribution in [3.05, 3.63) is 101 Å². The Labute approximate surface area is 293 Å². The lowest BCUT2D eigenvalue weighted by atomic mass is 9.97. The van der Waals surface area contributed by atoms with Crippen molar-refractivity contribution in [2.24, 2.45) is 0 Å². The Bertz CT molecular complexity index is 2140. The average Bonchev–Trinajstić information content (AvgIpc) is 3.49. The number of β-lactam (4-membered cyclic amide) rings is 1. The number of hydrogen-bond donors (Lipinski definition) is 3. The van der Waals surface area contributed by atoms with Crippen LogP contribution >= 0.6 is 11.8 Å². The quantitative estimate of drug-likeness (QED) is 0.151. The van der Waals surface area contributed by atoms with Gasteiger partial charge in [0.25, 0.3) is 5.91 Å². The van der Waals surface area contributed by atoms with Gasteiger partial charge in [-0.1, -0.05) is 74.5 Å². The van der Waals surface area contributed by atoms with Crippen molar-refractivity contribution in [1.82, 2.24) is 19.5 Å². The number of aliphatic carboxylic acids is 1. The molecule has 0 radical (unpaired) electrons. The van der Waals surface area contributed by atoms with Crippen LogP contribution < -0.4 is 5.32 Å². The lowest BCUT2D eigenvalue weighted by Crippen LogP contribution is -2.70. The molecule has 0 spiro atoms. The second kappa shape index (κ2) is 13.8. The maximum Gasteiger partial charge on any atom is 0.355 e. The number of hydrogen-bond acceptors (Lipinski definition) is 8. The highest BCUT2D eigenvalue weighted by atomic mass is 32.2. The Kier molecular flexibility index (Phi) is 9.62. The molecule has 1 saturated heterocycles.